The molecule has 0 aliphatic carbocycles. The van der Waals surface area contributed by atoms with Crippen LogP contribution in [-0.2, 0) is 12.8 Å². The summed E-state index contributed by atoms with van der Waals surface area (Å²) < 4.78 is 0. The highest BCUT2D eigenvalue weighted by Gasteiger charge is 2.14. The lowest BCUT2D eigenvalue weighted by Gasteiger charge is -2.18. The Kier molecular flexibility index (Phi) is 5.91. The standard InChI is InChI=1S/C16H19Cl2NS/c1-3-14-5-6-15(20-14)10-16(19-4-2)11-7-12(17)9-13(18)8-11/h5-9,16,19H,3-4,10H2,1-2H3. The molecule has 0 aliphatic rings. The van der Waals surface area contributed by atoms with E-state index in [4.69, 9.17) is 23.2 Å². The number of likely N-dealkylation sites (N-methyl/N-ethyl adjacent to an activating group) is 1. The van der Waals surface area contributed by atoms with Gasteiger partial charge in [0.15, 0.2) is 0 Å². The van der Waals surface area contributed by atoms with Crippen molar-refractivity contribution < 1.29 is 0 Å². The minimum Gasteiger partial charge on any atom is -0.310 e. The van der Waals surface area contributed by atoms with E-state index < -0.39 is 0 Å². The molecule has 2 rings (SSSR count). The molecule has 2 aromatic rings. The fourth-order valence-electron chi connectivity index (χ4n) is 2.25. The van der Waals surface area contributed by atoms with Gasteiger partial charge in [-0.25, -0.2) is 0 Å². The summed E-state index contributed by atoms with van der Waals surface area (Å²) in [6, 6.07) is 10.5. The summed E-state index contributed by atoms with van der Waals surface area (Å²) in [7, 11) is 0. The number of hydrogen-bond donors (Lipinski definition) is 1. The van der Waals surface area contributed by atoms with Crippen LogP contribution in [0.5, 0.6) is 0 Å². The lowest BCUT2D eigenvalue weighted by Crippen LogP contribution is -2.22. The van der Waals surface area contributed by atoms with Gasteiger partial charge < -0.3 is 5.32 Å². The molecular formula is C16H19Cl2NS. The Bertz CT molecular complexity index is 545. The monoisotopic (exact) mass is 327 g/mol. The third-order valence-electron chi connectivity index (χ3n) is 3.21. The molecule has 1 aromatic heterocycles. The van der Waals surface area contributed by atoms with Gasteiger partial charge in [-0.2, -0.15) is 0 Å². The minimum atomic E-state index is 0.250. The Labute approximate surface area is 134 Å². The third kappa shape index (κ3) is 4.23. The Morgan fingerprint density at radius 2 is 1.70 bits per heavy atom. The van der Waals surface area contributed by atoms with Crippen molar-refractivity contribution in [1.29, 1.82) is 0 Å². The molecule has 0 bridgehead atoms. The molecule has 0 fully saturated rings. The largest absolute Gasteiger partial charge is 0.310 e. The van der Waals surface area contributed by atoms with Crippen LogP contribution in [0.4, 0.5) is 0 Å². The summed E-state index contributed by atoms with van der Waals surface area (Å²) in [4.78, 5) is 2.82. The second kappa shape index (κ2) is 7.46. The zero-order valence-electron chi connectivity index (χ0n) is 11.7. The average molecular weight is 328 g/mol. The summed E-state index contributed by atoms with van der Waals surface area (Å²) in [6.45, 7) is 5.22. The Balaban J connectivity index is 2.21. The van der Waals surface area contributed by atoms with Gasteiger partial charge >= 0.3 is 0 Å². The number of halogens is 2. The molecule has 108 valence electrons. The molecule has 0 radical (unpaired) electrons. The quantitative estimate of drug-likeness (QED) is 0.737. The van der Waals surface area contributed by atoms with Crippen molar-refractivity contribution in [1.82, 2.24) is 5.32 Å². The van der Waals surface area contributed by atoms with Crippen molar-refractivity contribution in [3.05, 3.63) is 55.7 Å². The second-order valence-electron chi connectivity index (χ2n) is 4.74. The van der Waals surface area contributed by atoms with E-state index in [1.807, 2.05) is 23.5 Å². The van der Waals surface area contributed by atoms with Crippen LogP contribution in [0.3, 0.4) is 0 Å². The molecule has 0 spiro atoms. The molecule has 0 amide bonds. The van der Waals surface area contributed by atoms with E-state index in [0.717, 1.165) is 24.9 Å². The summed E-state index contributed by atoms with van der Waals surface area (Å²) in [6.07, 6.45) is 2.06. The van der Waals surface area contributed by atoms with Gasteiger partial charge in [-0.15, -0.1) is 11.3 Å². The highest BCUT2D eigenvalue weighted by molar-refractivity contribution is 7.11. The predicted octanol–water partition coefficient (Wildman–Crippen LogP) is 5.51. The SMILES string of the molecule is CCNC(Cc1ccc(CC)s1)c1cc(Cl)cc(Cl)c1. The van der Waals surface area contributed by atoms with E-state index >= 15 is 0 Å². The summed E-state index contributed by atoms with van der Waals surface area (Å²) in [5, 5.41) is 4.90. The van der Waals surface area contributed by atoms with Gasteiger partial charge in [0.2, 0.25) is 0 Å². The van der Waals surface area contributed by atoms with Crippen LogP contribution in [0, 0.1) is 0 Å². The maximum atomic E-state index is 6.11. The van der Waals surface area contributed by atoms with Gasteiger partial charge in [-0.3, -0.25) is 0 Å². The molecule has 20 heavy (non-hydrogen) atoms. The molecule has 4 heteroatoms. The fraction of sp³-hybridized carbons (Fsp3) is 0.375. The highest BCUT2D eigenvalue weighted by atomic mass is 35.5. The highest BCUT2D eigenvalue weighted by Crippen LogP contribution is 2.28. The zero-order chi connectivity index (χ0) is 14.5. The third-order valence-corrected chi connectivity index (χ3v) is 4.90. The van der Waals surface area contributed by atoms with Gasteiger partial charge in [-0.1, -0.05) is 37.0 Å². The van der Waals surface area contributed by atoms with E-state index in [1.54, 1.807) is 6.07 Å². The molecule has 0 aliphatic heterocycles. The van der Waals surface area contributed by atoms with Crippen molar-refractivity contribution in [2.75, 3.05) is 6.54 Å². The maximum Gasteiger partial charge on any atom is 0.0424 e. The van der Waals surface area contributed by atoms with E-state index in [2.05, 4.69) is 31.3 Å². The first-order valence-electron chi connectivity index (χ1n) is 6.89. The molecule has 1 atom stereocenters. The fourth-order valence-corrected chi connectivity index (χ4v) is 3.80. The van der Waals surface area contributed by atoms with Crippen LogP contribution >= 0.6 is 34.5 Å². The van der Waals surface area contributed by atoms with Crippen LogP contribution < -0.4 is 5.32 Å². The molecule has 1 N–H and O–H groups in total. The van der Waals surface area contributed by atoms with E-state index in [1.165, 1.54) is 9.75 Å². The van der Waals surface area contributed by atoms with Crippen LogP contribution in [0.15, 0.2) is 30.3 Å². The van der Waals surface area contributed by atoms with E-state index in [-0.39, 0.29) is 6.04 Å². The second-order valence-corrected chi connectivity index (χ2v) is 6.86. The molecule has 1 unspecified atom stereocenters. The van der Waals surface area contributed by atoms with Gasteiger partial charge in [0.05, 0.1) is 0 Å². The van der Waals surface area contributed by atoms with Gasteiger partial charge in [-0.05, 0) is 48.9 Å². The normalized spacial score (nSPS) is 12.6. The van der Waals surface area contributed by atoms with Crippen LogP contribution in [-0.4, -0.2) is 6.54 Å². The van der Waals surface area contributed by atoms with Crippen LogP contribution in [0.25, 0.3) is 0 Å². The number of benzene rings is 1. The number of nitrogens with one attached hydrogen (secondary N) is 1. The molecular weight excluding hydrogens is 309 g/mol. The number of rotatable bonds is 6. The lowest BCUT2D eigenvalue weighted by molar-refractivity contribution is 0.553. The molecule has 1 nitrogen and oxygen atoms in total. The van der Waals surface area contributed by atoms with Crippen molar-refractivity contribution in [3.63, 3.8) is 0 Å². The van der Waals surface area contributed by atoms with Crippen molar-refractivity contribution in [2.45, 2.75) is 32.7 Å². The number of thiophene rings is 1. The smallest absolute Gasteiger partial charge is 0.0424 e. The van der Waals surface area contributed by atoms with Gasteiger partial charge in [0.1, 0.15) is 0 Å². The maximum absolute atomic E-state index is 6.11. The van der Waals surface area contributed by atoms with E-state index in [0.29, 0.717) is 10.0 Å². The summed E-state index contributed by atoms with van der Waals surface area (Å²) in [5.74, 6) is 0. The van der Waals surface area contributed by atoms with Crippen molar-refractivity contribution >= 4 is 34.5 Å². The van der Waals surface area contributed by atoms with Crippen LogP contribution in [0.1, 0.15) is 35.2 Å². The summed E-state index contributed by atoms with van der Waals surface area (Å²) in [5.41, 5.74) is 1.15. The predicted molar refractivity (Wildman–Crippen MR) is 90.3 cm³/mol. The lowest BCUT2D eigenvalue weighted by atomic mass is 10.0. The Hall–Kier alpha value is -0.540. The number of hydrogen-bond acceptors (Lipinski definition) is 2. The molecule has 0 saturated carbocycles. The van der Waals surface area contributed by atoms with Gasteiger partial charge in [0.25, 0.3) is 0 Å². The molecule has 1 heterocycles. The molecule has 0 saturated heterocycles. The summed E-state index contributed by atoms with van der Waals surface area (Å²) >= 11 is 14.1. The first kappa shape index (κ1) is 15.8. The van der Waals surface area contributed by atoms with E-state index in [9.17, 15) is 0 Å². The van der Waals surface area contributed by atoms with Crippen molar-refractivity contribution in [2.24, 2.45) is 0 Å². The first-order chi connectivity index (χ1) is 9.62. The van der Waals surface area contributed by atoms with Crippen LogP contribution in [0.2, 0.25) is 10.0 Å². The van der Waals surface area contributed by atoms with Crippen molar-refractivity contribution in [3.8, 4) is 0 Å². The molecule has 1 aromatic carbocycles. The zero-order valence-corrected chi connectivity index (χ0v) is 14.1. The van der Waals surface area contributed by atoms with Gasteiger partial charge in [0, 0.05) is 32.3 Å². The topological polar surface area (TPSA) is 12.0 Å². The number of aryl methyl sites for hydroxylation is 1. The average Bonchev–Trinajstić information content (AvgIpc) is 2.85. The minimum absolute atomic E-state index is 0.250. The Morgan fingerprint density at radius 1 is 1.05 bits per heavy atom. The first-order valence-corrected chi connectivity index (χ1v) is 8.46. The Morgan fingerprint density at radius 3 is 2.25 bits per heavy atom.